The van der Waals surface area contributed by atoms with Crippen LogP contribution in [0.25, 0.3) is 0 Å². The van der Waals surface area contributed by atoms with Gasteiger partial charge in [0.1, 0.15) is 29.7 Å². The summed E-state index contributed by atoms with van der Waals surface area (Å²) in [6.07, 6.45) is 9.84. The summed E-state index contributed by atoms with van der Waals surface area (Å²) in [5, 5.41) is 9.20. The van der Waals surface area contributed by atoms with Crippen molar-refractivity contribution in [3.05, 3.63) is 65.6 Å². The Balaban J connectivity index is 0.00000197. The molecule has 12 heteroatoms. The Morgan fingerprint density at radius 3 is 2.65 bits per heavy atom. The van der Waals surface area contributed by atoms with E-state index in [2.05, 4.69) is 30.7 Å². The Hall–Kier alpha value is -4.24. The number of halogens is 1. The molecule has 1 aromatic carbocycles. The number of hydrogen-bond acceptors (Lipinski definition) is 9. The molecule has 3 aromatic rings. The lowest BCUT2D eigenvalue weighted by Crippen LogP contribution is -2.65. The van der Waals surface area contributed by atoms with Crippen molar-refractivity contribution in [3.63, 3.8) is 0 Å². The van der Waals surface area contributed by atoms with Gasteiger partial charge in [0.25, 0.3) is 12.6 Å². The molecule has 2 saturated heterocycles. The molecular formula is C36H45BFN7O3. The Kier molecular flexibility index (Phi) is 9.88. The Morgan fingerprint density at radius 1 is 1.17 bits per heavy atom. The highest BCUT2D eigenvalue weighted by atomic mass is 19.1. The maximum absolute atomic E-state index is 14.3. The molecule has 1 saturated carbocycles. The monoisotopic (exact) mass is 653 g/mol. The fraction of sp³-hybridized carbons (Fsp3) is 0.528. The van der Waals surface area contributed by atoms with E-state index in [0.29, 0.717) is 24.2 Å². The van der Waals surface area contributed by atoms with Gasteiger partial charge in [0.15, 0.2) is 11.6 Å². The number of carbonyl (C=O) groups excluding carboxylic acids is 1. The van der Waals surface area contributed by atoms with Crippen molar-refractivity contribution in [1.82, 2.24) is 24.8 Å². The van der Waals surface area contributed by atoms with E-state index in [1.807, 2.05) is 46.9 Å². The fourth-order valence-electron chi connectivity index (χ4n) is 7.58. The average molecular weight is 654 g/mol. The minimum atomic E-state index is -0.497. The maximum Gasteiger partial charge on any atom is 0.270 e. The van der Waals surface area contributed by atoms with E-state index in [0.717, 1.165) is 69.5 Å². The molecule has 0 bridgehead atoms. The predicted molar refractivity (Wildman–Crippen MR) is 183 cm³/mol. The molecule has 48 heavy (non-hydrogen) atoms. The molecule has 1 spiro atoms. The summed E-state index contributed by atoms with van der Waals surface area (Å²) >= 11 is 0. The fourth-order valence-corrected chi connectivity index (χ4v) is 7.58. The van der Waals surface area contributed by atoms with Gasteiger partial charge in [-0.05, 0) is 76.6 Å². The Morgan fingerprint density at radius 2 is 1.94 bits per heavy atom. The van der Waals surface area contributed by atoms with Crippen LogP contribution in [0.1, 0.15) is 69.1 Å². The maximum atomic E-state index is 14.3. The first-order chi connectivity index (χ1) is 23.3. The second-order valence-corrected chi connectivity index (χ2v) is 13.5. The zero-order chi connectivity index (χ0) is 34.0. The number of aromatic nitrogens is 3. The van der Waals surface area contributed by atoms with Crippen LogP contribution in [0.3, 0.4) is 0 Å². The standard InChI is InChI=1S/C34H39BFN7O3.C2H6/c1-4-43(22(2)3)33(44)26-11-23(36)5-6-29(26)46-31-16-38-21-40-32(31)42-18-34(19-42)12-25(13-34)45-30-7-9-39-28-8-10-41(17-27(28)30)24-14-35(15-24)20-37;1-2/h5-7,9,11,16,21-22,24-25H,4,8,10,12-15,17-19H2,1-3H3;1-2H3. The molecule has 7 rings (SSSR count). The number of anilines is 1. The largest absolute Gasteiger partial charge is 0.490 e. The predicted octanol–water partition coefficient (Wildman–Crippen LogP) is 6.05. The molecular weight excluding hydrogens is 608 g/mol. The summed E-state index contributed by atoms with van der Waals surface area (Å²) < 4.78 is 27.1. The minimum Gasteiger partial charge on any atom is -0.490 e. The van der Waals surface area contributed by atoms with Crippen LogP contribution in [0.4, 0.5) is 10.2 Å². The molecule has 5 heterocycles. The number of ether oxygens (including phenoxy) is 2. The molecule has 0 N–H and O–H groups in total. The van der Waals surface area contributed by atoms with Crippen LogP contribution in [0, 0.1) is 22.5 Å². The van der Waals surface area contributed by atoms with E-state index < -0.39 is 5.82 Å². The smallest absolute Gasteiger partial charge is 0.270 e. The van der Waals surface area contributed by atoms with Crippen LogP contribution >= 0.6 is 0 Å². The second-order valence-electron chi connectivity index (χ2n) is 13.5. The van der Waals surface area contributed by atoms with Gasteiger partial charge in [-0.3, -0.25) is 14.7 Å². The topological polar surface area (TPSA) is 108 Å². The highest BCUT2D eigenvalue weighted by Gasteiger charge is 2.54. The molecule has 4 aliphatic rings. The van der Waals surface area contributed by atoms with Gasteiger partial charge >= 0.3 is 0 Å². The number of carbonyl (C=O) groups is 1. The lowest BCUT2D eigenvalue weighted by atomic mass is 9.34. The van der Waals surface area contributed by atoms with Crippen LogP contribution in [-0.4, -0.2) is 81.7 Å². The molecule has 10 nitrogen and oxygen atoms in total. The Labute approximate surface area is 283 Å². The van der Waals surface area contributed by atoms with Crippen molar-refractivity contribution in [2.75, 3.05) is 31.1 Å². The Bertz CT molecular complexity index is 1660. The average Bonchev–Trinajstić information content (AvgIpc) is 3.03. The molecule has 1 amide bonds. The molecule has 2 aromatic heterocycles. The van der Waals surface area contributed by atoms with E-state index >= 15 is 0 Å². The normalized spacial score (nSPS) is 18.5. The SMILES string of the molecule is CC.CCN(C(=O)c1cc(F)ccc1Oc1cncnc1N1CC2(CC(Oc3ccnc4c3CN(C3CB(C#N)C3)CC4)C2)C1)C(C)C. The molecule has 252 valence electrons. The summed E-state index contributed by atoms with van der Waals surface area (Å²) in [7, 11) is 0. The summed E-state index contributed by atoms with van der Waals surface area (Å²) in [5.41, 5.74) is 2.65. The van der Waals surface area contributed by atoms with Crippen LogP contribution in [0.5, 0.6) is 17.2 Å². The van der Waals surface area contributed by atoms with E-state index in [1.54, 1.807) is 11.1 Å². The first-order valence-corrected chi connectivity index (χ1v) is 17.4. The van der Waals surface area contributed by atoms with Crippen molar-refractivity contribution >= 4 is 18.4 Å². The number of pyridine rings is 1. The first kappa shape index (κ1) is 33.7. The molecule has 0 radical (unpaired) electrons. The lowest BCUT2D eigenvalue weighted by molar-refractivity contribution is -0.0353. The van der Waals surface area contributed by atoms with E-state index in [4.69, 9.17) is 9.47 Å². The quantitative estimate of drug-likeness (QED) is 0.255. The number of hydrogen-bond donors (Lipinski definition) is 0. The molecule has 3 aliphatic heterocycles. The van der Waals surface area contributed by atoms with Crippen molar-refractivity contribution in [3.8, 4) is 23.2 Å². The zero-order valence-corrected chi connectivity index (χ0v) is 28.7. The van der Waals surface area contributed by atoms with Gasteiger partial charge in [-0.2, -0.15) is 0 Å². The van der Waals surface area contributed by atoms with Gasteiger partial charge in [-0.1, -0.05) is 13.8 Å². The van der Waals surface area contributed by atoms with Gasteiger partial charge in [-0.15, -0.1) is 0 Å². The van der Waals surface area contributed by atoms with Crippen LogP contribution in [0.15, 0.2) is 43.0 Å². The third kappa shape index (κ3) is 6.57. The summed E-state index contributed by atoms with van der Waals surface area (Å²) in [4.78, 5) is 33.0. The number of benzene rings is 1. The molecule has 3 fully saturated rings. The van der Waals surface area contributed by atoms with Crippen molar-refractivity contribution in [1.29, 1.82) is 5.26 Å². The van der Waals surface area contributed by atoms with Gasteiger partial charge in [-0.25, -0.2) is 19.6 Å². The molecule has 0 unspecified atom stereocenters. The molecule has 0 atom stereocenters. The van der Waals surface area contributed by atoms with Crippen molar-refractivity contribution < 1.29 is 18.7 Å². The lowest BCUT2D eigenvalue weighted by Gasteiger charge is -2.59. The van der Waals surface area contributed by atoms with Gasteiger partial charge < -0.3 is 19.3 Å². The minimum absolute atomic E-state index is 0.0407. The summed E-state index contributed by atoms with van der Waals surface area (Å²) in [6.45, 7) is 13.9. The van der Waals surface area contributed by atoms with Gasteiger partial charge in [0.2, 0.25) is 0 Å². The van der Waals surface area contributed by atoms with Crippen LogP contribution < -0.4 is 14.4 Å². The van der Waals surface area contributed by atoms with E-state index in [9.17, 15) is 14.4 Å². The highest BCUT2D eigenvalue weighted by molar-refractivity contribution is 6.70. The first-order valence-electron chi connectivity index (χ1n) is 17.4. The van der Waals surface area contributed by atoms with E-state index in [1.165, 1.54) is 30.1 Å². The number of amides is 1. The number of nitriles is 1. The second kappa shape index (κ2) is 14.1. The third-order valence-electron chi connectivity index (χ3n) is 10.2. The van der Waals surface area contributed by atoms with Crippen LogP contribution in [-0.2, 0) is 13.0 Å². The molecule has 1 aliphatic carbocycles. The third-order valence-corrected chi connectivity index (χ3v) is 10.2. The zero-order valence-electron chi connectivity index (χ0n) is 28.7. The highest BCUT2D eigenvalue weighted by Crippen LogP contribution is 2.52. The summed E-state index contributed by atoms with van der Waals surface area (Å²) in [6, 6.07) is 6.46. The van der Waals surface area contributed by atoms with Crippen LogP contribution in [0.2, 0.25) is 12.6 Å². The van der Waals surface area contributed by atoms with Gasteiger partial charge in [0, 0.05) is 74.0 Å². The number of nitrogens with zero attached hydrogens (tertiary/aromatic N) is 7. The summed E-state index contributed by atoms with van der Waals surface area (Å²) in [5.74, 6) is 3.91. The van der Waals surface area contributed by atoms with Gasteiger partial charge in [0.05, 0.1) is 11.8 Å². The van der Waals surface area contributed by atoms with Crippen molar-refractivity contribution in [2.45, 2.75) is 91.3 Å². The number of fused-ring (bicyclic) bond motifs is 1. The van der Waals surface area contributed by atoms with Crippen molar-refractivity contribution in [2.24, 2.45) is 5.41 Å². The number of rotatable bonds is 9. The van der Waals surface area contributed by atoms with E-state index in [-0.39, 0.29) is 41.5 Å².